The summed E-state index contributed by atoms with van der Waals surface area (Å²) >= 11 is 1.36. The zero-order chi connectivity index (χ0) is 18.1. The van der Waals surface area contributed by atoms with Crippen LogP contribution in [0.4, 0.5) is 5.69 Å². The second kappa shape index (κ2) is 6.91. The van der Waals surface area contributed by atoms with E-state index < -0.39 is 0 Å². The second-order valence-corrected chi connectivity index (χ2v) is 7.41. The molecule has 1 saturated carbocycles. The molecule has 0 bridgehead atoms. The van der Waals surface area contributed by atoms with Crippen molar-refractivity contribution in [1.82, 2.24) is 25.2 Å². The Morgan fingerprint density at radius 3 is 3.00 bits per heavy atom. The van der Waals surface area contributed by atoms with Gasteiger partial charge in [0.1, 0.15) is 11.3 Å². The molecule has 0 radical (unpaired) electrons. The van der Waals surface area contributed by atoms with Crippen molar-refractivity contribution in [3.05, 3.63) is 30.5 Å². The molecule has 2 aromatic heterocycles. The molecule has 1 aromatic carbocycles. The van der Waals surface area contributed by atoms with Gasteiger partial charge in [-0.05, 0) is 54.5 Å². The molecule has 1 aliphatic carbocycles. The Balaban J connectivity index is 1.52. The van der Waals surface area contributed by atoms with Crippen LogP contribution in [0.2, 0.25) is 0 Å². The third-order valence-electron chi connectivity index (χ3n) is 4.22. The van der Waals surface area contributed by atoms with Crippen LogP contribution in [0.1, 0.15) is 25.8 Å². The molecular weight excluding hydrogens is 352 g/mol. The molecule has 0 aliphatic heterocycles. The number of methoxy groups -OCH3 is 1. The number of aromatic nitrogens is 5. The maximum Gasteiger partial charge on any atom is 0.237 e. The van der Waals surface area contributed by atoms with E-state index in [0.717, 1.165) is 18.2 Å². The zero-order valence-corrected chi connectivity index (χ0v) is 15.2. The average molecular weight is 370 g/mol. The van der Waals surface area contributed by atoms with Crippen molar-refractivity contribution >= 4 is 34.3 Å². The summed E-state index contributed by atoms with van der Waals surface area (Å²) in [5.41, 5.74) is 1.42. The molecule has 3 aromatic rings. The number of thioether (sulfide) groups is 1. The molecule has 8 nitrogen and oxygen atoms in total. The first-order valence-electron chi connectivity index (χ1n) is 8.34. The molecule has 2 heterocycles. The summed E-state index contributed by atoms with van der Waals surface area (Å²) in [5, 5.41) is 15.9. The van der Waals surface area contributed by atoms with Gasteiger partial charge < -0.3 is 10.1 Å². The van der Waals surface area contributed by atoms with Crippen molar-refractivity contribution < 1.29 is 9.53 Å². The number of anilines is 1. The van der Waals surface area contributed by atoms with E-state index >= 15 is 0 Å². The number of hydrogen-bond acceptors (Lipinski definition) is 7. The Morgan fingerprint density at radius 1 is 1.38 bits per heavy atom. The summed E-state index contributed by atoms with van der Waals surface area (Å²) in [5.74, 6) is 0.556. The summed E-state index contributed by atoms with van der Waals surface area (Å²) in [7, 11) is 1.60. The molecule has 1 unspecified atom stereocenters. The highest BCUT2D eigenvalue weighted by molar-refractivity contribution is 8.00. The van der Waals surface area contributed by atoms with Crippen LogP contribution in [0.3, 0.4) is 0 Å². The molecule has 26 heavy (non-hydrogen) atoms. The Kier molecular flexibility index (Phi) is 4.46. The minimum atomic E-state index is -0.340. The highest BCUT2D eigenvalue weighted by Crippen LogP contribution is 2.37. The highest BCUT2D eigenvalue weighted by atomic mass is 32.2. The summed E-state index contributed by atoms with van der Waals surface area (Å²) in [6.07, 6.45) is 3.88. The van der Waals surface area contributed by atoms with E-state index in [1.54, 1.807) is 24.1 Å². The monoisotopic (exact) mass is 370 g/mol. The van der Waals surface area contributed by atoms with E-state index in [4.69, 9.17) is 4.74 Å². The van der Waals surface area contributed by atoms with Gasteiger partial charge in [-0.15, -0.1) is 5.10 Å². The molecule has 0 saturated heterocycles. The smallest absolute Gasteiger partial charge is 0.237 e. The molecule has 1 fully saturated rings. The van der Waals surface area contributed by atoms with Gasteiger partial charge in [0.15, 0.2) is 0 Å². The topological polar surface area (TPSA) is 94.8 Å². The van der Waals surface area contributed by atoms with Crippen LogP contribution in [-0.2, 0) is 4.79 Å². The number of hydrogen-bond donors (Lipinski definition) is 1. The summed E-state index contributed by atoms with van der Waals surface area (Å²) in [4.78, 5) is 17.0. The summed E-state index contributed by atoms with van der Waals surface area (Å²) < 4.78 is 7.15. The number of carbonyl (C=O) groups is 1. The fourth-order valence-electron chi connectivity index (χ4n) is 2.68. The fraction of sp³-hybridized carbons (Fsp3) is 0.353. The zero-order valence-electron chi connectivity index (χ0n) is 14.4. The largest absolute Gasteiger partial charge is 0.494 e. The molecule has 134 valence electrons. The number of amides is 1. The van der Waals surface area contributed by atoms with E-state index in [1.807, 2.05) is 25.1 Å². The predicted molar refractivity (Wildman–Crippen MR) is 98.3 cm³/mol. The van der Waals surface area contributed by atoms with Crippen molar-refractivity contribution in [3.63, 3.8) is 0 Å². The molecule has 1 atom stereocenters. The number of ether oxygens (including phenoxy) is 1. The van der Waals surface area contributed by atoms with Crippen LogP contribution in [0.5, 0.6) is 5.75 Å². The average Bonchev–Trinajstić information content (AvgIpc) is 3.41. The highest BCUT2D eigenvalue weighted by Gasteiger charge is 2.29. The molecule has 1 N–H and O–H groups in total. The SMILES string of the molecule is COc1ccc(NC(=O)C(C)Sc2nnnn2C2CC2)c2cccnc12. The van der Waals surface area contributed by atoms with Gasteiger partial charge in [-0.1, -0.05) is 11.8 Å². The number of benzene rings is 1. The van der Waals surface area contributed by atoms with Crippen LogP contribution in [-0.4, -0.2) is 43.5 Å². The number of rotatable bonds is 6. The van der Waals surface area contributed by atoms with Gasteiger partial charge in [0.25, 0.3) is 0 Å². The number of nitrogens with one attached hydrogen (secondary N) is 1. The van der Waals surface area contributed by atoms with Crippen LogP contribution in [0, 0.1) is 0 Å². The lowest BCUT2D eigenvalue weighted by atomic mass is 10.1. The van der Waals surface area contributed by atoms with Crippen LogP contribution in [0.15, 0.2) is 35.6 Å². The van der Waals surface area contributed by atoms with Crippen molar-refractivity contribution in [2.45, 2.75) is 36.2 Å². The maximum absolute atomic E-state index is 12.7. The number of tetrazole rings is 1. The number of pyridine rings is 1. The first-order chi connectivity index (χ1) is 12.7. The van der Waals surface area contributed by atoms with Crippen LogP contribution in [0.25, 0.3) is 10.9 Å². The lowest BCUT2D eigenvalue weighted by molar-refractivity contribution is -0.115. The molecule has 4 rings (SSSR count). The lowest BCUT2D eigenvalue weighted by Gasteiger charge is -2.14. The second-order valence-electron chi connectivity index (χ2n) is 6.10. The van der Waals surface area contributed by atoms with E-state index in [0.29, 0.717) is 28.2 Å². The Bertz CT molecular complexity index is 955. The summed E-state index contributed by atoms with van der Waals surface area (Å²) in [6.45, 7) is 1.84. The first-order valence-corrected chi connectivity index (χ1v) is 9.22. The minimum Gasteiger partial charge on any atom is -0.494 e. The van der Waals surface area contributed by atoms with E-state index in [1.165, 1.54) is 11.8 Å². The van der Waals surface area contributed by atoms with Crippen LogP contribution >= 0.6 is 11.8 Å². The first kappa shape index (κ1) is 16.8. The molecule has 1 amide bonds. The Morgan fingerprint density at radius 2 is 2.23 bits per heavy atom. The van der Waals surface area contributed by atoms with Gasteiger partial charge in [-0.3, -0.25) is 9.78 Å². The van der Waals surface area contributed by atoms with Gasteiger partial charge >= 0.3 is 0 Å². The van der Waals surface area contributed by atoms with Crippen molar-refractivity contribution in [1.29, 1.82) is 0 Å². The third kappa shape index (κ3) is 3.22. The van der Waals surface area contributed by atoms with Gasteiger partial charge in [0.05, 0.1) is 24.1 Å². The minimum absolute atomic E-state index is 0.115. The van der Waals surface area contributed by atoms with Crippen molar-refractivity contribution in [3.8, 4) is 5.75 Å². The van der Waals surface area contributed by atoms with E-state index in [2.05, 4.69) is 25.8 Å². The van der Waals surface area contributed by atoms with Gasteiger partial charge in [-0.25, -0.2) is 4.68 Å². The quantitative estimate of drug-likeness (QED) is 0.667. The molecule has 1 aliphatic rings. The van der Waals surface area contributed by atoms with Crippen molar-refractivity contribution in [2.75, 3.05) is 12.4 Å². The molecular formula is C17H18N6O2S. The maximum atomic E-state index is 12.7. The standard InChI is InChI=1S/C17H18N6O2S/c1-10(26-17-20-21-22-23(17)11-5-6-11)16(24)19-13-7-8-14(25-2)15-12(13)4-3-9-18-15/h3-4,7-11H,5-6H2,1-2H3,(H,19,24). The fourth-order valence-corrected chi connectivity index (χ4v) is 3.54. The molecule has 9 heteroatoms. The van der Waals surface area contributed by atoms with Gasteiger partial charge in [0, 0.05) is 11.6 Å². The summed E-state index contributed by atoms with van der Waals surface area (Å²) in [6, 6.07) is 7.74. The predicted octanol–water partition coefficient (Wildman–Crippen LogP) is 2.68. The normalized spacial score (nSPS) is 15.0. The van der Waals surface area contributed by atoms with Gasteiger partial charge in [-0.2, -0.15) is 0 Å². The Hall–Kier alpha value is -2.68. The third-order valence-corrected chi connectivity index (χ3v) is 5.26. The molecule has 0 spiro atoms. The number of fused-ring (bicyclic) bond motifs is 1. The van der Waals surface area contributed by atoms with Gasteiger partial charge in [0.2, 0.25) is 11.1 Å². The van der Waals surface area contributed by atoms with E-state index in [-0.39, 0.29) is 11.2 Å². The Labute approximate surface area is 154 Å². The van der Waals surface area contributed by atoms with Crippen molar-refractivity contribution in [2.24, 2.45) is 0 Å². The number of carbonyl (C=O) groups excluding carboxylic acids is 1. The number of nitrogens with zero attached hydrogens (tertiary/aromatic N) is 5. The van der Waals surface area contributed by atoms with Crippen LogP contribution < -0.4 is 10.1 Å². The van der Waals surface area contributed by atoms with E-state index in [9.17, 15) is 4.79 Å². The lowest BCUT2D eigenvalue weighted by Crippen LogP contribution is -2.23.